The predicted octanol–water partition coefficient (Wildman–Crippen LogP) is 17.9. The molecule has 1 fully saturated rings. The number of nitrogens with zero attached hydrogens (tertiary/aromatic N) is 1. The maximum atomic E-state index is 2.51. The van der Waals surface area contributed by atoms with Crippen LogP contribution in [-0.4, -0.2) is 0 Å². The Labute approximate surface area is 382 Å². The van der Waals surface area contributed by atoms with Crippen molar-refractivity contribution < 1.29 is 0 Å². The number of benzene rings is 10. The van der Waals surface area contributed by atoms with Crippen molar-refractivity contribution in [1.82, 2.24) is 0 Å². The minimum Gasteiger partial charge on any atom is -0.310 e. The number of rotatable bonds is 8. The zero-order chi connectivity index (χ0) is 43.2. The molecule has 0 N–H and O–H groups in total. The quantitative estimate of drug-likeness (QED) is 0.138. The van der Waals surface area contributed by atoms with Gasteiger partial charge in [0.2, 0.25) is 0 Å². The zero-order valence-electron chi connectivity index (χ0n) is 36.5. The lowest BCUT2D eigenvalue weighted by atomic mass is 9.67. The molecule has 0 bridgehead atoms. The number of hydrogen-bond acceptors (Lipinski definition) is 1. The van der Waals surface area contributed by atoms with Gasteiger partial charge in [-0.25, -0.2) is 0 Å². The summed E-state index contributed by atoms with van der Waals surface area (Å²) in [6, 6.07) is 83.0. The van der Waals surface area contributed by atoms with Gasteiger partial charge in [-0.2, -0.15) is 0 Å². The Morgan fingerprint density at radius 1 is 0.308 bits per heavy atom. The maximum Gasteiger partial charge on any atom is 0.0465 e. The molecular weight excluding hydrogens is 783 g/mol. The van der Waals surface area contributed by atoms with Crippen LogP contribution >= 0.6 is 0 Å². The van der Waals surface area contributed by atoms with Crippen LogP contribution in [0.3, 0.4) is 0 Å². The van der Waals surface area contributed by atoms with E-state index in [1.165, 1.54) is 137 Å². The van der Waals surface area contributed by atoms with Crippen molar-refractivity contribution in [2.45, 2.75) is 37.5 Å². The molecule has 2 aliphatic carbocycles. The van der Waals surface area contributed by atoms with Gasteiger partial charge in [0.25, 0.3) is 0 Å². The number of fused-ring (bicyclic) bond motifs is 7. The molecule has 0 heterocycles. The fourth-order valence-electron chi connectivity index (χ4n) is 11.0. The first kappa shape index (κ1) is 38.9. The fourth-order valence-corrected chi connectivity index (χ4v) is 11.0. The third-order valence-electron chi connectivity index (χ3n) is 14.2. The molecule has 0 saturated heterocycles. The Balaban J connectivity index is 0.855. The number of anilines is 3. The summed E-state index contributed by atoms with van der Waals surface area (Å²) >= 11 is 0. The Kier molecular flexibility index (Phi) is 9.83. The van der Waals surface area contributed by atoms with E-state index in [2.05, 4.69) is 242 Å². The van der Waals surface area contributed by atoms with Gasteiger partial charge in [0, 0.05) is 22.5 Å². The summed E-state index contributed by atoms with van der Waals surface area (Å²) in [4.78, 5) is 2.41. The molecule has 310 valence electrons. The van der Waals surface area contributed by atoms with Gasteiger partial charge < -0.3 is 4.90 Å². The van der Waals surface area contributed by atoms with Gasteiger partial charge in [-0.15, -0.1) is 0 Å². The highest BCUT2D eigenvalue weighted by Crippen LogP contribution is 2.57. The Bertz CT molecular complexity index is 3340. The first-order chi connectivity index (χ1) is 32.2. The van der Waals surface area contributed by atoms with E-state index in [0.29, 0.717) is 0 Å². The molecule has 12 rings (SSSR count). The molecular formula is C64H49N. The first-order valence-corrected chi connectivity index (χ1v) is 23.3. The largest absolute Gasteiger partial charge is 0.310 e. The van der Waals surface area contributed by atoms with Crippen LogP contribution in [0.5, 0.6) is 0 Å². The molecule has 0 aliphatic heterocycles. The Morgan fingerprint density at radius 3 is 1.46 bits per heavy atom. The van der Waals surface area contributed by atoms with Crippen LogP contribution < -0.4 is 4.90 Å². The summed E-state index contributed by atoms with van der Waals surface area (Å²) < 4.78 is 0. The second kappa shape index (κ2) is 16.4. The summed E-state index contributed by atoms with van der Waals surface area (Å²) in [5.74, 6) is 0. The van der Waals surface area contributed by atoms with E-state index in [9.17, 15) is 0 Å². The van der Waals surface area contributed by atoms with Crippen LogP contribution in [0.1, 0.15) is 54.4 Å². The molecule has 1 saturated carbocycles. The van der Waals surface area contributed by atoms with E-state index < -0.39 is 0 Å². The molecule has 0 amide bonds. The highest BCUT2D eigenvalue weighted by molar-refractivity contribution is 5.99. The summed E-state index contributed by atoms with van der Waals surface area (Å²) in [7, 11) is 0. The second-order valence-corrected chi connectivity index (χ2v) is 18.0. The molecule has 10 aromatic carbocycles. The van der Waals surface area contributed by atoms with Crippen molar-refractivity contribution in [2.24, 2.45) is 0 Å². The van der Waals surface area contributed by atoms with E-state index in [1.807, 2.05) is 0 Å². The number of hydrogen-bond donors (Lipinski definition) is 0. The monoisotopic (exact) mass is 831 g/mol. The summed E-state index contributed by atoms with van der Waals surface area (Å²) in [6.45, 7) is 0. The van der Waals surface area contributed by atoms with Crippen molar-refractivity contribution >= 4 is 50.8 Å². The highest BCUT2D eigenvalue weighted by Gasteiger charge is 2.44. The second-order valence-electron chi connectivity index (χ2n) is 18.0. The summed E-state index contributed by atoms with van der Waals surface area (Å²) in [6.07, 6.45) is 10.8. The maximum absolute atomic E-state index is 2.51. The lowest BCUT2D eigenvalue weighted by Gasteiger charge is -2.37. The summed E-state index contributed by atoms with van der Waals surface area (Å²) in [5.41, 5.74) is 19.3. The highest BCUT2D eigenvalue weighted by atomic mass is 15.1. The van der Waals surface area contributed by atoms with Crippen LogP contribution in [0.2, 0.25) is 0 Å². The van der Waals surface area contributed by atoms with Gasteiger partial charge in [-0.05, 0) is 162 Å². The van der Waals surface area contributed by atoms with E-state index in [1.54, 1.807) is 0 Å². The average Bonchev–Trinajstić information content (AvgIpc) is 3.63. The van der Waals surface area contributed by atoms with Gasteiger partial charge in [-0.1, -0.05) is 195 Å². The average molecular weight is 832 g/mol. The SMILES string of the molecule is C(=C\c1ccc2cc(-c3cc4ccccc4cc3-c3ccc(-c4ccccc4)cc3)ccc2c1)/c1ccc2c(c1)C1(CCCCC1)c1cc(N(c3ccccc3)c3ccccc3)ccc1-2. The van der Waals surface area contributed by atoms with Gasteiger partial charge in [0.15, 0.2) is 0 Å². The molecule has 0 radical (unpaired) electrons. The predicted molar refractivity (Wildman–Crippen MR) is 277 cm³/mol. The van der Waals surface area contributed by atoms with Crippen LogP contribution in [0.25, 0.3) is 78.2 Å². The molecule has 2 aliphatic rings. The third kappa shape index (κ3) is 7.14. The topological polar surface area (TPSA) is 3.24 Å². The zero-order valence-corrected chi connectivity index (χ0v) is 36.5. The van der Waals surface area contributed by atoms with E-state index in [0.717, 1.165) is 0 Å². The van der Waals surface area contributed by atoms with Crippen molar-refractivity contribution in [2.75, 3.05) is 4.90 Å². The van der Waals surface area contributed by atoms with Crippen molar-refractivity contribution in [3.05, 3.63) is 247 Å². The molecule has 65 heavy (non-hydrogen) atoms. The van der Waals surface area contributed by atoms with Crippen molar-refractivity contribution in [3.8, 4) is 44.5 Å². The summed E-state index contributed by atoms with van der Waals surface area (Å²) in [5, 5.41) is 4.98. The Hall–Kier alpha value is -7.74. The van der Waals surface area contributed by atoms with Gasteiger partial charge in [0.1, 0.15) is 0 Å². The minimum absolute atomic E-state index is 0.0268. The van der Waals surface area contributed by atoms with E-state index in [-0.39, 0.29) is 5.41 Å². The standard InChI is InChI=1S/C64H49N/c1-5-15-47(16-6-1)48-28-30-49(31-29-48)60-42-50-17-11-12-18-51(50)43-61(60)54-33-32-52-39-45(25-27-53(52)41-54)23-24-46-26-35-58-59-36-34-57(44-63(59)64(62(58)40-46)37-13-4-14-38-64)65(55-19-7-2-8-20-55)56-21-9-3-10-22-56/h1-3,5-12,15-36,39-44H,4,13-14,37-38H2/b24-23+. The molecule has 0 aromatic heterocycles. The Morgan fingerprint density at radius 2 is 0.785 bits per heavy atom. The van der Waals surface area contributed by atoms with Crippen molar-refractivity contribution in [3.63, 3.8) is 0 Å². The minimum atomic E-state index is 0.0268. The normalized spacial score (nSPS) is 13.9. The molecule has 0 unspecified atom stereocenters. The number of para-hydroxylation sites is 2. The molecule has 10 aromatic rings. The smallest absolute Gasteiger partial charge is 0.0465 e. The van der Waals surface area contributed by atoms with Gasteiger partial charge in [0.05, 0.1) is 0 Å². The molecule has 0 atom stereocenters. The molecule has 1 heteroatoms. The fraction of sp³-hybridized carbons (Fsp3) is 0.0938. The first-order valence-electron chi connectivity index (χ1n) is 23.3. The van der Waals surface area contributed by atoms with Crippen LogP contribution in [-0.2, 0) is 5.41 Å². The van der Waals surface area contributed by atoms with E-state index >= 15 is 0 Å². The third-order valence-corrected chi connectivity index (χ3v) is 14.2. The van der Waals surface area contributed by atoms with Crippen LogP contribution in [0.4, 0.5) is 17.1 Å². The van der Waals surface area contributed by atoms with Gasteiger partial charge in [-0.3, -0.25) is 0 Å². The van der Waals surface area contributed by atoms with Gasteiger partial charge >= 0.3 is 0 Å². The lowest BCUT2D eigenvalue weighted by Crippen LogP contribution is -2.28. The van der Waals surface area contributed by atoms with E-state index in [4.69, 9.17) is 0 Å². The molecule has 1 spiro atoms. The van der Waals surface area contributed by atoms with Crippen molar-refractivity contribution in [1.29, 1.82) is 0 Å². The molecule has 1 nitrogen and oxygen atoms in total. The van der Waals surface area contributed by atoms with Crippen LogP contribution in [0, 0.1) is 0 Å². The van der Waals surface area contributed by atoms with Crippen LogP contribution in [0.15, 0.2) is 224 Å². The lowest BCUT2D eigenvalue weighted by molar-refractivity contribution is 0.353.